The molecule has 0 radical (unpaired) electrons. The molecular formula is C26H35FO4S. The minimum atomic E-state index is -0.676. The number of esters is 1. The van der Waals surface area contributed by atoms with Crippen molar-refractivity contribution in [2.24, 2.45) is 11.3 Å². The van der Waals surface area contributed by atoms with Crippen LogP contribution in [0.5, 0.6) is 0 Å². The van der Waals surface area contributed by atoms with Gasteiger partial charge in [0, 0.05) is 23.8 Å². The fourth-order valence-corrected chi connectivity index (χ4v) is 5.23. The van der Waals surface area contributed by atoms with Crippen molar-refractivity contribution in [3.63, 3.8) is 0 Å². The molecule has 4 nitrogen and oxygen atoms in total. The second kappa shape index (κ2) is 11.0. The monoisotopic (exact) mass is 462 g/mol. The molecule has 1 aliphatic heterocycles. The van der Waals surface area contributed by atoms with Crippen LogP contribution in [-0.2, 0) is 14.3 Å². The zero-order valence-corrected chi connectivity index (χ0v) is 20.3. The van der Waals surface area contributed by atoms with Crippen LogP contribution >= 0.6 is 11.8 Å². The fourth-order valence-electron chi connectivity index (χ4n) is 4.56. The number of aliphatic hydroxyl groups excluding tert-OH is 1. The van der Waals surface area contributed by atoms with Gasteiger partial charge in [-0.3, -0.25) is 4.79 Å². The van der Waals surface area contributed by atoms with E-state index in [4.69, 9.17) is 9.47 Å². The molecule has 32 heavy (non-hydrogen) atoms. The van der Waals surface area contributed by atoms with Crippen LogP contribution in [0, 0.1) is 17.2 Å². The fraction of sp³-hybridized carbons (Fsp3) is 0.577. The standard InChI is InChI=1S/C26H35FO4S/c1-5-11-30-20-15-21(17-7-10-24(32-6-2)23(27)12-17)22(26(3,4)16-20)9-8-19-13-18(28)14-25(29)31-19/h7-10,12,15,18-20,22,28H,5-6,11,13-14,16H2,1-4H3/b9-8+/t18-,19-,20?,22?/m0/s1. The van der Waals surface area contributed by atoms with Gasteiger partial charge in [-0.1, -0.05) is 45.9 Å². The normalized spacial score (nSPS) is 27.9. The summed E-state index contributed by atoms with van der Waals surface area (Å²) in [4.78, 5) is 12.4. The van der Waals surface area contributed by atoms with Gasteiger partial charge < -0.3 is 14.6 Å². The van der Waals surface area contributed by atoms with Crippen LogP contribution in [0.25, 0.3) is 5.57 Å². The third kappa shape index (κ3) is 6.24. The lowest BCUT2D eigenvalue weighted by Gasteiger charge is -2.41. The topological polar surface area (TPSA) is 55.8 Å². The van der Waals surface area contributed by atoms with Gasteiger partial charge in [-0.2, -0.15) is 0 Å². The molecule has 0 aromatic heterocycles. The highest BCUT2D eigenvalue weighted by atomic mass is 32.2. The summed E-state index contributed by atoms with van der Waals surface area (Å²) in [5, 5.41) is 9.93. The Morgan fingerprint density at radius 2 is 2.09 bits per heavy atom. The van der Waals surface area contributed by atoms with Crippen molar-refractivity contribution < 1.29 is 23.8 Å². The van der Waals surface area contributed by atoms with Gasteiger partial charge in [-0.05, 0) is 53.4 Å². The number of thioether (sulfide) groups is 1. The van der Waals surface area contributed by atoms with E-state index in [1.165, 1.54) is 11.8 Å². The average molecular weight is 463 g/mol. The molecule has 2 unspecified atom stereocenters. The lowest BCUT2D eigenvalue weighted by atomic mass is 9.66. The molecule has 1 heterocycles. The third-order valence-electron chi connectivity index (χ3n) is 6.08. The molecular weight excluding hydrogens is 427 g/mol. The SMILES string of the molecule is CCCOC1C=C(c2ccc(SCC)c(F)c2)C(/C=C/[C@H]2C[C@H](O)CC(=O)O2)C(C)(C)C1. The van der Waals surface area contributed by atoms with E-state index in [-0.39, 0.29) is 35.6 Å². The maximum absolute atomic E-state index is 14.8. The minimum Gasteiger partial charge on any atom is -0.458 e. The highest BCUT2D eigenvalue weighted by Gasteiger charge is 2.38. The molecule has 0 saturated carbocycles. The zero-order chi connectivity index (χ0) is 23.3. The molecule has 1 aromatic rings. The summed E-state index contributed by atoms with van der Waals surface area (Å²) in [6, 6.07) is 5.45. The summed E-state index contributed by atoms with van der Waals surface area (Å²) < 4.78 is 26.3. The summed E-state index contributed by atoms with van der Waals surface area (Å²) in [6.07, 6.45) is 7.13. The average Bonchev–Trinajstić information content (AvgIpc) is 2.71. The van der Waals surface area contributed by atoms with E-state index in [0.29, 0.717) is 17.9 Å². The molecule has 0 bridgehead atoms. The van der Waals surface area contributed by atoms with Gasteiger partial charge in [0.1, 0.15) is 11.9 Å². The van der Waals surface area contributed by atoms with Gasteiger partial charge in [-0.15, -0.1) is 11.8 Å². The van der Waals surface area contributed by atoms with Gasteiger partial charge in [0.2, 0.25) is 0 Å². The van der Waals surface area contributed by atoms with E-state index in [9.17, 15) is 14.3 Å². The number of halogens is 1. The molecule has 3 rings (SSSR count). The lowest BCUT2D eigenvalue weighted by molar-refractivity contribution is -0.156. The Balaban J connectivity index is 1.95. The van der Waals surface area contributed by atoms with E-state index in [0.717, 1.165) is 29.7 Å². The zero-order valence-electron chi connectivity index (χ0n) is 19.5. The molecule has 1 N–H and O–H groups in total. The number of cyclic esters (lactones) is 1. The summed E-state index contributed by atoms with van der Waals surface area (Å²) in [5.74, 6) is 0.217. The number of hydrogen-bond donors (Lipinski definition) is 1. The van der Waals surface area contributed by atoms with Crippen molar-refractivity contribution in [3.8, 4) is 0 Å². The Bertz CT molecular complexity index is 863. The number of allylic oxidation sites excluding steroid dienone is 2. The molecule has 176 valence electrons. The number of rotatable bonds is 8. The molecule has 4 atom stereocenters. The largest absolute Gasteiger partial charge is 0.458 e. The Labute approximate surface area is 195 Å². The van der Waals surface area contributed by atoms with Gasteiger partial charge in [0.05, 0.1) is 18.6 Å². The summed E-state index contributed by atoms with van der Waals surface area (Å²) >= 11 is 1.49. The van der Waals surface area contributed by atoms with Crippen molar-refractivity contribution in [1.82, 2.24) is 0 Å². The predicted octanol–water partition coefficient (Wildman–Crippen LogP) is 5.79. The van der Waals surface area contributed by atoms with Crippen LogP contribution in [0.3, 0.4) is 0 Å². The van der Waals surface area contributed by atoms with E-state index in [2.05, 4.69) is 32.9 Å². The molecule has 6 heteroatoms. The predicted molar refractivity (Wildman–Crippen MR) is 127 cm³/mol. The van der Waals surface area contributed by atoms with Crippen molar-refractivity contribution in [3.05, 3.63) is 47.8 Å². The molecule has 1 aromatic carbocycles. The van der Waals surface area contributed by atoms with Crippen LogP contribution in [0.1, 0.15) is 58.9 Å². The lowest BCUT2D eigenvalue weighted by Crippen LogP contribution is -2.35. The maximum atomic E-state index is 14.8. The van der Waals surface area contributed by atoms with Crippen LogP contribution < -0.4 is 0 Å². The van der Waals surface area contributed by atoms with Crippen LogP contribution in [-0.4, -0.2) is 41.7 Å². The first-order valence-corrected chi connectivity index (χ1v) is 12.5. The Morgan fingerprint density at radius 3 is 2.75 bits per heavy atom. The molecule has 1 fully saturated rings. The first kappa shape index (κ1) is 25.0. The van der Waals surface area contributed by atoms with Crippen LogP contribution in [0.15, 0.2) is 41.3 Å². The molecule has 1 aliphatic carbocycles. The highest BCUT2D eigenvalue weighted by molar-refractivity contribution is 7.99. The Morgan fingerprint density at radius 1 is 1.31 bits per heavy atom. The van der Waals surface area contributed by atoms with E-state index >= 15 is 0 Å². The maximum Gasteiger partial charge on any atom is 0.309 e. The second-order valence-corrected chi connectivity index (χ2v) is 10.6. The van der Waals surface area contributed by atoms with Gasteiger partial charge in [-0.25, -0.2) is 4.39 Å². The first-order chi connectivity index (χ1) is 15.2. The summed E-state index contributed by atoms with van der Waals surface area (Å²) in [6.45, 7) is 9.16. The second-order valence-electron chi connectivity index (χ2n) is 9.29. The minimum absolute atomic E-state index is 0.00849. The van der Waals surface area contributed by atoms with Gasteiger partial charge >= 0.3 is 5.97 Å². The number of carbonyl (C=O) groups excluding carboxylic acids is 1. The van der Waals surface area contributed by atoms with Crippen molar-refractivity contribution in [2.45, 2.75) is 76.6 Å². The first-order valence-electron chi connectivity index (χ1n) is 11.6. The van der Waals surface area contributed by atoms with E-state index in [1.54, 1.807) is 6.07 Å². The molecule has 1 saturated heterocycles. The van der Waals surface area contributed by atoms with Crippen LogP contribution in [0.2, 0.25) is 0 Å². The van der Waals surface area contributed by atoms with E-state index in [1.807, 2.05) is 25.1 Å². The van der Waals surface area contributed by atoms with Crippen molar-refractivity contribution in [2.75, 3.05) is 12.4 Å². The van der Waals surface area contributed by atoms with E-state index < -0.39 is 12.2 Å². The number of ether oxygens (including phenoxy) is 2. The molecule has 0 spiro atoms. The van der Waals surface area contributed by atoms with Crippen LogP contribution in [0.4, 0.5) is 4.39 Å². The summed E-state index contributed by atoms with van der Waals surface area (Å²) in [5.41, 5.74) is 1.72. The van der Waals surface area contributed by atoms with Gasteiger partial charge in [0.25, 0.3) is 0 Å². The summed E-state index contributed by atoms with van der Waals surface area (Å²) in [7, 11) is 0. The van der Waals surface area contributed by atoms with Gasteiger partial charge in [0.15, 0.2) is 0 Å². The third-order valence-corrected chi connectivity index (χ3v) is 7.01. The molecule has 0 amide bonds. The smallest absolute Gasteiger partial charge is 0.309 e. The van der Waals surface area contributed by atoms with Crippen molar-refractivity contribution >= 4 is 23.3 Å². The number of carbonyl (C=O) groups is 1. The number of hydrogen-bond acceptors (Lipinski definition) is 5. The quantitative estimate of drug-likeness (QED) is 0.301. The molecule has 2 aliphatic rings. The highest BCUT2D eigenvalue weighted by Crippen LogP contribution is 2.47. The number of benzene rings is 1. The Hall–Kier alpha value is -1.63. The van der Waals surface area contributed by atoms with Crippen molar-refractivity contribution in [1.29, 1.82) is 0 Å². The number of aliphatic hydroxyl groups is 1. The Kier molecular flexibility index (Phi) is 8.59.